The van der Waals surface area contributed by atoms with Gasteiger partial charge in [-0.05, 0) is 68.1 Å². The van der Waals surface area contributed by atoms with Crippen molar-refractivity contribution in [2.45, 2.75) is 75.4 Å². The molecule has 1 saturated carbocycles. The molecule has 3 atom stereocenters. The molecule has 10 heteroatoms. The van der Waals surface area contributed by atoms with Crippen LogP contribution in [0, 0.1) is 11.8 Å². The summed E-state index contributed by atoms with van der Waals surface area (Å²) in [6.45, 7) is 4.09. The van der Waals surface area contributed by atoms with E-state index in [1.165, 1.54) is 5.56 Å². The molecular formula is C28H33F6N3O. The third kappa shape index (κ3) is 7.21. The molecule has 3 N–H and O–H groups in total. The first-order valence-electron chi connectivity index (χ1n) is 13.0. The van der Waals surface area contributed by atoms with E-state index in [0.29, 0.717) is 6.54 Å². The van der Waals surface area contributed by atoms with Crippen LogP contribution in [-0.4, -0.2) is 36.9 Å². The number of alkyl halides is 6. The molecule has 0 radical (unpaired) electrons. The molecule has 38 heavy (non-hydrogen) atoms. The number of allylic oxidation sites excluding steroid dienone is 3. The van der Waals surface area contributed by atoms with Crippen molar-refractivity contribution in [1.82, 2.24) is 16.0 Å². The standard InChI is InChI=1S/C28H33F6N3O/c1-17(20-13-21(27(29,30)31)15-22(14-20)28(32,33)34)35-16-18-7-9-23(10-8-18)36-26(38)25-12-11-24(37-25)19-5-3-2-4-6-19/h2-6,13-14,18,21,23-25,35,37H,1,7-12,15-16H2,(H,36,38)/t18-,21?,23+,24-,25+/m0/s1. The summed E-state index contributed by atoms with van der Waals surface area (Å²) >= 11 is 0. The lowest BCUT2D eigenvalue weighted by molar-refractivity contribution is -0.165. The number of amides is 1. The average molecular weight is 542 g/mol. The number of carbonyl (C=O) groups is 1. The van der Waals surface area contributed by atoms with Crippen molar-refractivity contribution in [3.05, 3.63) is 71.5 Å². The van der Waals surface area contributed by atoms with Gasteiger partial charge in [-0.3, -0.25) is 10.1 Å². The zero-order valence-electron chi connectivity index (χ0n) is 21.0. The molecule has 4 nitrogen and oxygen atoms in total. The molecule has 2 aliphatic carbocycles. The Morgan fingerprint density at radius 1 is 0.974 bits per heavy atom. The third-order valence-electron chi connectivity index (χ3n) is 7.75. The van der Waals surface area contributed by atoms with E-state index >= 15 is 0 Å². The second-order valence-corrected chi connectivity index (χ2v) is 10.5. The van der Waals surface area contributed by atoms with Crippen LogP contribution >= 0.6 is 0 Å². The maximum absolute atomic E-state index is 13.2. The first-order chi connectivity index (χ1) is 17.9. The maximum atomic E-state index is 13.2. The fraction of sp³-hybridized carbons (Fsp3) is 0.536. The number of hydrogen-bond donors (Lipinski definition) is 3. The van der Waals surface area contributed by atoms with Crippen molar-refractivity contribution in [2.24, 2.45) is 11.8 Å². The van der Waals surface area contributed by atoms with E-state index < -0.39 is 30.3 Å². The van der Waals surface area contributed by atoms with Gasteiger partial charge in [0.25, 0.3) is 0 Å². The van der Waals surface area contributed by atoms with Gasteiger partial charge in [-0.1, -0.05) is 43.0 Å². The van der Waals surface area contributed by atoms with E-state index in [2.05, 4.69) is 22.5 Å². The number of nitrogens with one attached hydrogen (secondary N) is 3. The van der Waals surface area contributed by atoms with E-state index in [1.54, 1.807) is 0 Å². The van der Waals surface area contributed by atoms with Gasteiger partial charge < -0.3 is 10.6 Å². The van der Waals surface area contributed by atoms with E-state index in [9.17, 15) is 31.1 Å². The predicted octanol–water partition coefficient (Wildman–Crippen LogP) is 6.26. The molecular weight excluding hydrogens is 508 g/mol. The SMILES string of the molecule is C=C(NC[C@H]1CC[C@@H](NC(=O)[C@H]2CC[C@@H](c3ccccc3)N2)CC1)C1=CC(C(F)(F)F)CC(C(F)(F)F)=C1. The summed E-state index contributed by atoms with van der Waals surface area (Å²) in [5.41, 5.74) is -0.162. The topological polar surface area (TPSA) is 53.2 Å². The van der Waals surface area contributed by atoms with Gasteiger partial charge in [-0.2, -0.15) is 26.3 Å². The minimum atomic E-state index is -4.83. The Balaban J connectivity index is 1.23. The summed E-state index contributed by atoms with van der Waals surface area (Å²) in [5, 5.41) is 9.50. The van der Waals surface area contributed by atoms with Crippen molar-refractivity contribution >= 4 is 5.91 Å². The molecule has 1 saturated heterocycles. The first kappa shape index (κ1) is 28.3. The number of rotatable bonds is 7. The molecule has 2 fully saturated rings. The second-order valence-electron chi connectivity index (χ2n) is 10.5. The lowest BCUT2D eigenvalue weighted by Crippen LogP contribution is -2.47. The van der Waals surface area contributed by atoms with Crippen LogP contribution in [0.4, 0.5) is 26.3 Å². The normalized spacial score (nSPS) is 28.3. The fourth-order valence-electron chi connectivity index (χ4n) is 5.48. The molecule has 0 aromatic heterocycles. The van der Waals surface area contributed by atoms with Gasteiger partial charge in [0.15, 0.2) is 0 Å². The van der Waals surface area contributed by atoms with Crippen LogP contribution < -0.4 is 16.0 Å². The highest BCUT2D eigenvalue weighted by Gasteiger charge is 2.45. The summed E-state index contributed by atoms with van der Waals surface area (Å²) in [4.78, 5) is 12.8. The minimum absolute atomic E-state index is 0.00547. The monoisotopic (exact) mass is 541 g/mol. The first-order valence-corrected chi connectivity index (χ1v) is 13.0. The Hall–Kier alpha value is -2.75. The quantitative estimate of drug-likeness (QED) is 0.358. The van der Waals surface area contributed by atoms with E-state index in [0.717, 1.165) is 50.7 Å². The second kappa shape index (κ2) is 11.6. The fourth-order valence-corrected chi connectivity index (χ4v) is 5.48. The smallest absolute Gasteiger partial charge is 0.385 e. The summed E-state index contributed by atoms with van der Waals surface area (Å²) < 4.78 is 79.2. The van der Waals surface area contributed by atoms with Gasteiger partial charge in [0, 0.05) is 29.9 Å². The Morgan fingerprint density at radius 2 is 1.66 bits per heavy atom. The maximum Gasteiger partial charge on any atom is 0.412 e. The Morgan fingerprint density at radius 3 is 2.29 bits per heavy atom. The Bertz CT molecular complexity index is 1050. The van der Waals surface area contributed by atoms with E-state index in [1.807, 2.05) is 30.3 Å². The predicted molar refractivity (Wildman–Crippen MR) is 133 cm³/mol. The van der Waals surface area contributed by atoms with Crippen LogP contribution in [0.2, 0.25) is 0 Å². The third-order valence-corrected chi connectivity index (χ3v) is 7.75. The van der Waals surface area contributed by atoms with Crippen molar-refractivity contribution in [3.63, 3.8) is 0 Å². The van der Waals surface area contributed by atoms with Gasteiger partial charge in [0.2, 0.25) is 5.91 Å². The summed E-state index contributed by atoms with van der Waals surface area (Å²) in [7, 11) is 0. The summed E-state index contributed by atoms with van der Waals surface area (Å²) in [5.74, 6) is -2.02. The van der Waals surface area contributed by atoms with E-state index in [-0.39, 0.29) is 41.2 Å². The van der Waals surface area contributed by atoms with Crippen molar-refractivity contribution < 1.29 is 31.1 Å². The minimum Gasteiger partial charge on any atom is -0.385 e. The number of carbonyl (C=O) groups excluding carboxylic acids is 1. The highest BCUT2D eigenvalue weighted by Crippen LogP contribution is 2.42. The van der Waals surface area contributed by atoms with E-state index in [4.69, 9.17) is 0 Å². The molecule has 1 unspecified atom stereocenters. The number of halogens is 6. The Labute approximate surface area is 218 Å². The highest BCUT2D eigenvalue weighted by molar-refractivity contribution is 5.82. The molecule has 0 spiro atoms. The van der Waals surface area contributed by atoms with Gasteiger partial charge in [0.1, 0.15) is 0 Å². The average Bonchev–Trinajstić information content (AvgIpc) is 3.38. The van der Waals surface area contributed by atoms with Crippen molar-refractivity contribution in [3.8, 4) is 0 Å². The lowest BCUT2D eigenvalue weighted by atomic mass is 9.85. The summed E-state index contributed by atoms with van der Waals surface area (Å²) in [6, 6.07) is 9.99. The largest absolute Gasteiger partial charge is 0.412 e. The summed E-state index contributed by atoms with van der Waals surface area (Å²) in [6.07, 6.45) is -4.41. The van der Waals surface area contributed by atoms with Crippen molar-refractivity contribution in [2.75, 3.05) is 6.54 Å². The van der Waals surface area contributed by atoms with Crippen LogP contribution in [0.25, 0.3) is 0 Å². The molecule has 1 amide bonds. The van der Waals surface area contributed by atoms with Gasteiger partial charge in [0.05, 0.1) is 12.0 Å². The number of hydrogen-bond acceptors (Lipinski definition) is 3. The molecule has 4 rings (SSSR count). The molecule has 3 aliphatic rings. The molecule has 208 valence electrons. The van der Waals surface area contributed by atoms with Crippen LogP contribution in [-0.2, 0) is 4.79 Å². The van der Waals surface area contributed by atoms with Gasteiger partial charge >= 0.3 is 12.4 Å². The molecule has 1 aromatic carbocycles. The van der Waals surface area contributed by atoms with Crippen LogP contribution in [0.3, 0.4) is 0 Å². The van der Waals surface area contributed by atoms with Crippen LogP contribution in [0.5, 0.6) is 0 Å². The highest BCUT2D eigenvalue weighted by atomic mass is 19.4. The van der Waals surface area contributed by atoms with Crippen LogP contribution in [0.1, 0.15) is 56.6 Å². The number of benzene rings is 1. The molecule has 0 bridgehead atoms. The zero-order valence-corrected chi connectivity index (χ0v) is 21.0. The molecule has 1 aliphatic heterocycles. The Kier molecular flexibility index (Phi) is 8.59. The molecule has 1 aromatic rings. The molecule has 1 heterocycles. The van der Waals surface area contributed by atoms with Crippen molar-refractivity contribution in [1.29, 1.82) is 0 Å². The lowest BCUT2D eigenvalue weighted by Gasteiger charge is -2.31. The van der Waals surface area contributed by atoms with Gasteiger partial charge in [-0.25, -0.2) is 0 Å². The zero-order chi connectivity index (χ0) is 27.5. The van der Waals surface area contributed by atoms with Crippen LogP contribution in [0.15, 0.2) is 65.9 Å². The van der Waals surface area contributed by atoms with Gasteiger partial charge in [-0.15, -0.1) is 0 Å².